The van der Waals surface area contributed by atoms with Crippen molar-refractivity contribution in [2.45, 2.75) is 83.5 Å². The zero-order valence-electron chi connectivity index (χ0n) is 16.3. The number of aliphatic hydroxyl groups excluding tert-OH is 5. The van der Waals surface area contributed by atoms with E-state index in [0.717, 1.165) is 5.57 Å². The minimum absolute atomic E-state index is 0.00829. The number of hydrogen-bond acceptors (Lipinski definition) is 8. The van der Waals surface area contributed by atoms with E-state index in [-0.39, 0.29) is 11.7 Å². The Labute approximate surface area is 159 Å². The molecule has 1 saturated heterocycles. The van der Waals surface area contributed by atoms with Gasteiger partial charge in [0.05, 0.1) is 12.7 Å². The van der Waals surface area contributed by atoms with E-state index >= 15 is 0 Å². The first-order chi connectivity index (χ1) is 12.5. The largest absolute Gasteiger partial charge is 0.394 e. The SMILES string of the molecule is CC(=O)CC[C@H]1C(C)=C[C@H](O[C@@H]2O[C@H](CO)[C@@H](O)[C@H](O)[C@H]2O)[C@@H](O)C1(C)C. The molecule has 0 radical (unpaired) electrons. The third-order valence-corrected chi connectivity index (χ3v) is 5.87. The second-order valence-electron chi connectivity index (χ2n) is 8.27. The van der Waals surface area contributed by atoms with Gasteiger partial charge in [-0.05, 0) is 26.2 Å². The van der Waals surface area contributed by atoms with E-state index in [1.807, 2.05) is 20.8 Å². The van der Waals surface area contributed by atoms with Gasteiger partial charge in [-0.2, -0.15) is 0 Å². The number of aliphatic hydroxyl groups is 5. The summed E-state index contributed by atoms with van der Waals surface area (Å²) in [6.45, 7) is 6.68. The van der Waals surface area contributed by atoms with E-state index in [1.165, 1.54) is 6.92 Å². The van der Waals surface area contributed by atoms with Crippen molar-refractivity contribution in [2.24, 2.45) is 11.3 Å². The number of Topliss-reactive ketones (excluding diaryl/α,β-unsaturated/α-hetero) is 1. The molecule has 2 aliphatic rings. The van der Waals surface area contributed by atoms with Gasteiger partial charge >= 0.3 is 0 Å². The maximum absolute atomic E-state index is 11.3. The van der Waals surface area contributed by atoms with Crippen LogP contribution in [0.1, 0.15) is 40.5 Å². The van der Waals surface area contributed by atoms with E-state index in [9.17, 15) is 30.3 Å². The van der Waals surface area contributed by atoms with Gasteiger partial charge in [0.2, 0.25) is 0 Å². The first-order valence-electron chi connectivity index (χ1n) is 9.32. The summed E-state index contributed by atoms with van der Waals surface area (Å²) in [5.74, 6) is 0.0823. The molecule has 0 spiro atoms. The molecule has 0 amide bonds. The van der Waals surface area contributed by atoms with Crippen LogP contribution >= 0.6 is 0 Å². The lowest BCUT2D eigenvalue weighted by atomic mass is 9.64. The molecule has 27 heavy (non-hydrogen) atoms. The molecule has 1 fully saturated rings. The summed E-state index contributed by atoms with van der Waals surface area (Å²) >= 11 is 0. The minimum atomic E-state index is -1.54. The van der Waals surface area contributed by atoms with Gasteiger partial charge in [0.1, 0.15) is 36.3 Å². The highest BCUT2D eigenvalue weighted by Gasteiger charge is 2.49. The second kappa shape index (κ2) is 8.65. The van der Waals surface area contributed by atoms with Crippen LogP contribution in [0.25, 0.3) is 0 Å². The summed E-state index contributed by atoms with van der Waals surface area (Å²) in [7, 11) is 0. The molecule has 0 aromatic carbocycles. The lowest BCUT2D eigenvalue weighted by Gasteiger charge is -2.47. The Morgan fingerprint density at radius 3 is 2.37 bits per heavy atom. The van der Waals surface area contributed by atoms with Crippen molar-refractivity contribution in [3.63, 3.8) is 0 Å². The molecule has 8 heteroatoms. The molecule has 8 nitrogen and oxygen atoms in total. The number of carbonyl (C=O) groups is 1. The molecule has 0 aromatic rings. The normalized spacial score (nSPS) is 41.9. The van der Waals surface area contributed by atoms with E-state index in [1.54, 1.807) is 6.08 Å². The molecule has 1 aliphatic heterocycles. The zero-order valence-corrected chi connectivity index (χ0v) is 16.3. The molecular formula is C19H32O8. The Morgan fingerprint density at radius 1 is 1.19 bits per heavy atom. The van der Waals surface area contributed by atoms with Crippen molar-refractivity contribution < 1.29 is 39.8 Å². The van der Waals surface area contributed by atoms with Crippen LogP contribution in [0.15, 0.2) is 11.6 Å². The highest BCUT2D eigenvalue weighted by Crippen LogP contribution is 2.45. The summed E-state index contributed by atoms with van der Waals surface area (Å²) < 4.78 is 11.1. The van der Waals surface area contributed by atoms with E-state index in [4.69, 9.17) is 9.47 Å². The average molecular weight is 388 g/mol. The van der Waals surface area contributed by atoms with Crippen LogP contribution in [-0.2, 0) is 14.3 Å². The quantitative estimate of drug-likeness (QED) is 0.384. The molecule has 1 aliphatic carbocycles. The molecular weight excluding hydrogens is 356 g/mol. The number of carbonyl (C=O) groups excluding carboxylic acids is 1. The van der Waals surface area contributed by atoms with Gasteiger partial charge in [0, 0.05) is 11.8 Å². The van der Waals surface area contributed by atoms with E-state index in [0.29, 0.717) is 12.8 Å². The van der Waals surface area contributed by atoms with Crippen LogP contribution in [0, 0.1) is 11.3 Å². The lowest BCUT2D eigenvalue weighted by Crippen LogP contribution is -2.61. The number of allylic oxidation sites excluding steroid dienone is 1. The van der Waals surface area contributed by atoms with Gasteiger partial charge in [-0.3, -0.25) is 0 Å². The number of ether oxygens (including phenoxy) is 2. The lowest BCUT2D eigenvalue weighted by molar-refractivity contribution is -0.316. The Balaban J connectivity index is 2.17. The van der Waals surface area contributed by atoms with E-state index < -0.39 is 54.9 Å². The Morgan fingerprint density at radius 2 is 1.81 bits per heavy atom. The van der Waals surface area contributed by atoms with Gasteiger partial charge in [0.15, 0.2) is 6.29 Å². The Kier molecular flexibility index (Phi) is 7.18. The molecule has 0 saturated carbocycles. The molecule has 0 unspecified atom stereocenters. The van der Waals surface area contributed by atoms with Gasteiger partial charge in [-0.25, -0.2) is 0 Å². The summed E-state index contributed by atoms with van der Waals surface area (Å²) in [6, 6.07) is 0. The van der Waals surface area contributed by atoms with Gasteiger partial charge in [-0.15, -0.1) is 0 Å². The third kappa shape index (κ3) is 4.59. The fourth-order valence-electron chi connectivity index (χ4n) is 4.08. The smallest absolute Gasteiger partial charge is 0.187 e. The summed E-state index contributed by atoms with van der Waals surface area (Å²) in [5.41, 5.74) is 0.369. The molecule has 8 atom stereocenters. The number of hydrogen-bond donors (Lipinski definition) is 5. The molecule has 2 rings (SSSR count). The predicted octanol–water partition coefficient (Wildman–Crippen LogP) is -0.496. The van der Waals surface area contributed by atoms with Crippen molar-refractivity contribution in [1.82, 2.24) is 0 Å². The molecule has 1 heterocycles. The standard InChI is InChI=1S/C19H32O8/c1-9-7-12(17(25)19(3,4)11(9)6-5-10(2)21)26-18-16(24)15(23)14(22)13(8-20)27-18/h7,11-18,20,22-25H,5-6,8H2,1-4H3/t11-,12-,13+,14+,15-,16+,17+,18+/m0/s1. The van der Waals surface area contributed by atoms with Gasteiger partial charge < -0.3 is 39.8 Å². The van der Waals surface area contributed by atoms with Crippen molar-refractivity contribution in [2.75, 3.05) is 6.61 Å². The maximum atomic E-state index is 11.3. The molecule has 156 valence electrons. The maximum Gasteiger partial charge on any atom is 0.187 e. The van der Waals surface area contributed by atoms with Crippen molar-refractivity contribution >= 4 is 5.78 Å². The minimum Gasteiger partial charge on any atom is -0.394 e. The fraction of sp³-hybridized carbons (Fsp3) is 0.842. The topological polar surface area (TPSA) is 137 Å². The first-order valence-corrected chi connectivity index (χ1v) is 9.32. The van der Waals surface area contributed by atoms with E-state index in [2.05, 4.69) is 0 Å². The van der Waals surface area contributed by atoms with Crippen LogP contribution in [0.3, 0.4) is 0 Å². The van der Waals surface area contributed by atoms with Crippen molar-refractivity contribution in [3.05, 3.63) is 11.6 Å². The Hall–Kier alpha value is -0.870. The van der Waals surface area contributed by atoms with Crippen LogP contribution in [-0.4, -0.2) is 80.8 Å². The summed E-state index contributed by atoms with van der Waals surface area (Å²) in [5, 5.41) is 50.0. The average Bonchev–Trinajstić information content (AvgIpc) is 2.59. The highest BCUT2D eigenvalue weighted by atomic mass is 16.7. The molecule has 0 aromatic heterocycles. The van der Waals surface area contributed by atoms with Crippen molar-refractivity contribution in [3.8, 4) is 0 Å². The Bertz CT molecular complexity index is 558. The second-order valence-corrected chi connectivity index (χ2v) is 8.27. The van der Waals surface area contributed by atoms with Crippen LogP contribution in [0.2, 0.25) is 0 Å². The number of rotatable bonds is 6. The van der Waals surface area contributed by atoms with Gasteiger partial charge in [0.25, 0.3) is 0 Å². The molecule has 5 N–H and O–H groups in total. The summed E-state index contributed by atoms with van der Waals surface area (Å²) in [6.07, 6.45) is -5.89. The zero-order chi connectivity index (χ0) is 20.5. The van der Waals surface area contributed by atoms with Crippen LogP contribution in [0.4, 0.5) is 0 Å². The van der Waals surface area contributed by atoms with Crippen molar-refractivity contribution in [1.29, 1.82) is 0 Å². The summed E-state index contributed by atoms with van der Waals surface area (Å²) in [4.78, 5) is 11.3. The van der Waals surface area contributed by atoms with Gasteiger partial charge in [-0.1, -0.05) is 25.5 Å². The molecule has 0 bridgehead atoms. The highest BCUT2D eigenvalue weighted by molar-refractivity contribution is 5.75. The predicted molar refractivity (Wildman–Crippen MR) is 95.6 cm³/mol. The van der Waals surface area contributed by atoms with Crippen LogP contribution < -0.4 is 0 Å². The van der Waals surface area contributed by atoms with Crippen LogP contribution in [0.5, 0.6) is 0 Å². The fourth-order valence-corrected chi connectivity index (χ4v) is 4.08. The number of ketones is 1. The monoisotopic (exact) mass is 388 g/mol. The first kappa shape index (κ1) is 22.4. The third-order valence-electron chi connectivity index (χ3n) is 5.87.